The third-order valence-corrected chi connectivity index (χ3v) is 3.01. The Kier molecular flexibility index (Phi) is 2.67. The van der Waals surface area contributed by atoms with Crippen LogP contribution >= 0.6 is 0 Å². The molecule has 0 saturated heterocycles. The molecule has 3 aromatic heterocycles. The van der Waals surface area contributed by atoms with Gasteiger partial charge in [-0.3, -0.25) is 4.79 Å². The molecule has 3 heterocycles. The van der Waals surface area contributed by atoms with Gasteiger partial charge in [0.15, 0.2) is 17.9 Å². The molecule has 0 saturated carbocycles. The van der Waals surface area contributed by atoms with Gasteiger partial charge in [0.2, 0.25) is 0 Å². The molecule has 5 heteroatoms. The minimum Gasteiger partial charge on any atom is -0.461 e. The molecule has 0 aromatic carbocycles. The molecule has 96 valence electrons. The number of H-pyrrole nitrogens is 1. The van der Waals surface area contributed by atoms with Gasteiger partial charge in [0.05, 0.1) is 17.3 Å². The van der Waals surface area contributed by atoms with E-state index in [1.165, 1.54) is 0 Å². The summed E-state index contributed by atoms with van der Waals surface area (Å²) in [5.74, 6) is 1.33. The molecule has 0 radical (unpaired) electrons. The Hall–Kier alpha value is -2.43. The Balaban J connectivity index is 2.32. The quantitative estimate of drug-likeness (QED) is 0.730. The molecule has 1 N–H and O–H groups in total. The third kappa shape index (κ3) is 1.83. The second-order valence-electron chi connectivity index (χ2n) is 4.65. The average Bonchev–Trinajstić information content (AvgIpc) is 3.06. The lowest BCUT2D eigenvalue weighted by Gasteiger charge is -2.08. The summed E-state index contributed by atoms with van der Waals surface area (Å²) in [6.45, 7) is 4.07. The maximum Gasteiger partial charge on any atom is 0.197 e. The number of nitrogens with zero attached hydrogens (tertiary/aromatic N) is 2. The molecule has 0 bridgehead atoms. The molecule has 3 rings (SSSR count). The molecule has 0 spiro atoms. The molecular weight excluding hydrogens is 242 g/mol. The molecule has 5 nitrogen and oxygen atoms in total. The van der Waals surface area contributed by atoms with Crippen LogP contribution in [0.5, 0.6) is 0 Å². The van der Waals surface area contributed by atoms with Crippen LogP contribution in [0.2, 0.25) is 0 Å². The van der Waals surface area contributed by atoms with Gasteiger partial charge >= 0.3 is 0 Å². The highest BCUT2D eigenvalue weighted by Gasteiger charge is 2.17. The zero-order valence-electron chi connectivity index (χ0n) is 10.7. The minimum absolute atomic E-state index is 0.189. The molecule has 0 atom stereocenters. The van der Waals surface area contributed by atoms with Crippen LogP contribution in [0.15, 0.2) is 29.0 Å². The van der Waals surface area contributed by atoms with Crippen LogP contribution in [0.3, 0.4) is 0 Å². The van der Waals surface area contributed by atoms with E-state index in [0.717, 1.165) is 17.4 Å². The van der Waals surface area contributed by atoms with Crippen molar-refractivity contribution in [1.29, 1.82) is 0 Å². The Morgan fingerprint density at radius 1 is 1.37 bits per heavy atom. The predicted molar refractivity (Wildman–Crippen MR) is 71.1 cm³/mol. The number of carbonyl (C=O) groups excluding carboxylic acids is 1. The molecule has 0 aliphatic heterocycles. The van der Waals surface area contributed by atoms with Crippen molar-refractivity contribution >= 4 is 17.3 Å². The van der Waals surface area contributed by atoms with Crippen LogP contribution in [0.25, 0.3) is 22.6 Å². The fourth-order valence-electron chi connectivity index (χ4n) is 2.11. The van der Waals surface area contributed by atoms with E-state index in [4.69, 9.17) is 4.42 Å². The maximum absolute atomic E-state index is 11.1. The van der Waals surface area contributed by atoms with Gasteiger partial charge in [0.1, 0.15) is 5.65 Å². The van der Waals surface area contributed by atoms with E-state index in [9.17, 15) is 4.79 Å². The first-order valence-electron chi connectivity index (χ1n) is 6.08. The molecule has 0 amide bonds. The van der Waals surface area contributed by atoms with Crippen LogP contribution < -0.4 is 0 Å². The fourth-order valence-corrected chi connectivity index (χ4v) is 2.11. The molecule has 3 aromatic rings. The first-order chi connectivity index (χ1) is 9.20. The number of furan rings is 1. The first kappa shape index (κ1) is 11.6. The number of aromatic nitrogens is 3. The van der Waals surface area contributed by atoms with Gasteiger partial charge in [0, 0.05) is 11.8 Å². The minimum atomic E-state index is 0.189. The topological polar surface area (TPSA) is 71.8 Å². The zero-order chi connectivity index (χ0) is 13.4. The van der Waals surface area contributed by atoms with Crippen LogP contribution in [0.4, 0.5) is 0 Å². The largest absolute Gasteiger partial charge is 0.461 e. The Morgan fingerprint density at radius 2 is 2.21 bits per heavy atom. The molecule has 0 aliphatic carbocycles. The summed E-state index contributed by atoms with van der Waals surface area (Å²) in [5, 5.41) is 0.792. The number of hydrogen-bond acceptors (Lipinski definition) is 4. The van der Waals surface area contributed by atoms with Crippen molar-refractivity contribution in [1.82, 2.24) is 15.0 Å². The summed E-state index contributed by atoms with van der Waals surface area (Å²) >= 11 is 0. The number of aromatic amines is 1. The maximum atomic E-state index is 11.1. The Bertz CT molecular complexity index is 727. The van der Waals surface area contributed by atoms with Gasteiger partial charge < -0.3 is 9.40 Å². The summed E-state index contributed by atoms with van der Waals surface area (Å²) < 4.78 is 5.33. The van der Waals surface area contributed by atoms with E-state index < -0.39 is 0 Å². The lowest BCUT2D eigenvalue weighted by Crippen LogP contribution is -1.99. The van der Waals surface area contributed by atoms with Gasteiger partial charge in [0.25, 0.3) is 0 Å². The lowest BCUT2D eigenvalue weighted by atomic mass is 10.0. The number of nitrogens with one attached hydrogen (secondary N) is 1. The van der Waals surface area contributed by atoms with E-state index >= 15 is 0 Å². The van der Waals surface area contributed by atoms with Crippen LogP contribution in [-0.4, -0.2) is 21.2 Å². The zero-order valence-corrected chi connectivity index (χ0v) is 10.7. The fraction of sp³-hybridized carbons (Fsp3) is 0.214. The molecule has 0 aliphatic rings. The number of rotatable bonds is 3. The highest BCUT2D eigenvalue weighted by Crippen LogP contribution is 2.28. The Morgan fingerprint density at radius 3 is 2.84 bits per heavy atom. The highest BCUT2D eigenvalue weighted by molar-refractivity contribution is 5.97. The summed E-state index contributed by atoms with van der Waals surface area (Å²) in [5.41, 5.74) is 2.09. The highest BCUT2D eigenvalue weighted by atomic mass is 16.3. The van der Waals surface area contributed by atoms with E-state index in [1.807, 2.05) is 19.9 Å². The molecular formula is C14H13N3O2. The second-order valence-corrected chi connectivity index (χ2v) is 4.65. The lowest BCUT2D eigenvalue weighted by molar-refractivity contribution is 0.112. The van der Waals surface area contributed by atoms with Crippen molar-refractivity contribution in [3.63, 3.8) is 0 Å². The Labute approximate surface area is 109 Å². The molecule has 0 fully saturated rings. The average molecular weight is 255 g/mol. The monoisotopic (exact) mass is 255 g/mol. The number of fused-ring (bicyclic) bond motifs is 1. The van der Waals surface area contributed by atoms with Crippen molar-refractivity contribution in [2.24, 2.45) is 0 Å². The number of hydrogen-bond donors (Lipinski definition) is 1. The van der Waals surface area contributed by atoms with Crippen LogP contribution in [0, 0.1) is 0 Å². The van der Waals surface area contributed by atoms with Gasteiger partial charge in [-0.05, 0) is 18.1 Å². The van der Waals surface area contributed by atoms with E-state index in [2.05, 4.69) is 15.0 Å². The van der Waals surface area contributed by atoms with Gasteiger partial charge in [-0.25, -0.2) is 9.97 Å². The third-order valence-electron chi connectivity index (χ3n) is 3.01. The van der Waals surface area contributed by atoms with Crippen molar-refractivity contribution in [3.8, 4) is 11.6 Å². The van der Waals surface area contributed by atoms with E-state index in [-0.39, 0.29) is 5.92 Å². The standard InChI is InChI=1S/C14H13N3O2/c1-8(2)12-11-9(7-18)6-15-14(11)17-13(16-12)10-4-3-5-19-10/h3-8H,1-2H3,(H,15,16,17). The van der Waals surface area contributed by atoms with Gasteiger partial charge in [-0.15, -0.1) is 0 Å². The van der Waals surface area contributed by atoms with E-state index in [0.29, 0.717) is 22.8 Å². The summed E-state index contributed by atoms with van der Waals surface area (Å²) in [4.78, 5) is 23.0. The SMILES string of the molecule is CC(C)c1nc(-c2ccco2)nc2[nH]cc(C=O)c12. The smallest absolute Gasteiger partial charge is 0.197 e. The van der Waals surface area contributed by atoms with Crippen molar-refractivity contribution in [2.75, 3.05) is 0 Å². The number of aldehydes is 1. The van der Waals surface area contributed by atoms with E-state index in [1.54, 1.807) is 18.5 Å². The summed E-state index contributed by atoms with van der Waals surface area (Å²) in [6, 6.07) is 3.61. The first-order valence-corrected chi connectivity index (χ1v) is 6.08. The molecule has 19 heavy (non-hydrogen) atoms. The van der Waals surface area contributed by atoms with Gasteiger partial charge in [-0.1, -0.05) is 13.8 Å². The normalized spacial score (nSPS) is 11.3. The predicted octanol–water partition coefficient (Wildman–Crippen LogP) is 3.15. The van der Waals surface area contributed by atoms with Crippen molar-refractivity contribution in [2.45, 2.75) is 19.8 Å². The summed E-state index contributed by atoms with van der Waals surface area (Å²) in [6.07, 6.45) is 4.06. The van der Waals surface area contributed by atoms with Crippen molar-refractivity contribution < 1.29 is 9.21 Å². The van der Waals surface area contributed by atoms with Gasteiger partial charge in [-0.2, -0.15) is 0 Å². The van der Waals surface area contributed by atoms with Crippen LogP contribution in [-0.2, 0) is 0 Å². The summed E-state index contributed by atoms with van der Waals surface area (Å²) in [7, 11) is 0. The second kappa shape index (κ2) is 4.35. The number of carbonyl (C=O) groups is 1. The van der Waals surface area contributed by atoms with Crippen LogP contribution in [0.1, 0.15) is 35.8 Å². The molecule has 0 unspecified atom stereocenters. The van der Waals surface area contributed by atoms with Crippen molar-refractivity contribution in [3.05, 3.63) is 35.9 Å².